The van der Waals surface area contributed by atoms with E-state index in [9.17, 15) is 34.6 Å². The molecule has 1 atom stereocenters. The summed E-state index contributed by atoms with van der Waals surface area (Å²) in [6.45, 7) is 9.79. The van der Waals surface area contributed by atoms with Gasteiger partial charge in [-0.05, 0) is 31.2 Å². The van der Waals surface area contributed by atoms with Gasteiger partial charge in [0.2, 0.25) is 0 Å². The van der Waals surface area contributed by atoms with Crippen LogP contribution < -0.4 is 10.1 Å². The fourth-order valence-corrected chi connectivity index (χ4v) is 7.74. The van der Waals surface area contributed by atoms with Crippen molar-refractivity contribution in [2.24, 2.45) is 0 Å². The van der Waals surface area contributed by atoms with E-state index in [-0.39, 0.29) is 80.7 Å². The number of carbonyl (C=O) groups is 3. The lowest BCUT2D eigenvalue weighted by molar-refractivity contribution is -0.392. The molecule has 2 N–H and O–H groups in total. The highest BCUT2D eigenvalue weighted by Crippen LogP contribution is 2.33. The summed E-state index contributed by atoms with van der Waals surface area (Å²) in [5, 5.41) is 33.8. The summed E-state index contributed by atoms with van der Waals surface area (Å²) in [6.07, 6.45) is 4.81. The number of benzene rings is 2. The Labute approximate surface area is 443 Å². The molecule has 77 heavy (non-hydrogen) atoms. The number of amides is 2. The summed E-state index contributed by atoms with van der Waals surface area (Å²) in [7, 11) is 0. The lowest BCUT2D eigenvalue weighted by atomic mass is 10.1. The topological polar surface area (TPSA) is 308 Å². The van der Waals surface area contributed by atoms with Gasteiger partial charge in [-0.25, -0.2) is 9.67 Å². The summed E-state index contributed by atoms with van der Waals surface area (Å²) < 4.78 is 57.6. The molecule has 0 unspecified atom stereocenters. The van der Waals surface area contributed by atoms with Crippen LogP contribution in [0.3, 0.4) is 0 Å². The summed E-state index contributed by atoms with van der Waals surface area (Å²) in [6, 6.07) is 13.9. The minimum Gasteiger partial charge on any atom is -0.490 e. The van der Waals surface area contributed by atoms with E-state index in [1.807, 2.05) is 13.0 Å². The number of aromatic amines is 1. The Morgan fingerprint density at radius 2 is 1.25 bits per heavy atom. The Kier molecular flexibility index (Phi) is 25.5. The second-order valence-electron chi connectivity index (χ2n) is 16.9. The first-order chi connectivity index (χ1) is 37.6. The number of rotatable bonds is 39. The Morgan fingerprint density at radius 3 is 1.83 bits per heavy atom. The van der Waals surface area contributed by atoms with Crippen molar-refractivity contribution in [3.05, 3.63) is 110 Å². The fourth-order valence-electron chi connectivity index (χ4n) is 7.74. The third-order valence-corrected chi connectivity index (χ3v) is 11.5. The maximum absolute atomic E-state index is 13.6. The average Bonchev–Trinajstić information content (AvgIpc) is 4.12. The molecular weight excluding hydrogens is 1010 g/mol. The highest BCUT2D eigenvalue weighted by molar-refractivity contribution is 6.45. The molecule has 418 valence electrons. The zero-order valence-corrected chi connectivity index (χ0v) is 43.0. The molecule has 3 aromatic heterocycles. The fraction of sp³-hybridized carbons (Fsp3) is 0.520. The van der Waals surface area contributed by atoms with Gasteiger partial charge in [0.25, 0.3) is 29.0 Å². The van der Waals surface area contributed by atoms with E-state index in [1.165, 1.54) is 29.3 Å². The molecule has 0 aliphatic carbocycles. The largest absolute Gasteiger partial charge is 0.490 e. The van der Waals surface area contributed by atoms with Crippen LogP contribution in [0.5, 0.6) is 5.75 Å². The van der Waals surface area contributed by atoms with Crippen molar-refractivity contribution in [1.82, 2.24) is 34.8 Å². The van der Waals surface area contributed by atoms with Gasteiger partial charge in [0.05, 0.1) is 152 Å². The molecule has 27 nitrogen and oxygen atoms in total. The normalized spacial score (nSPS) is 13.5. The van der Waals surface area contributed by atoms with Crippen LogP contribution in [0.15, 0.2) is 73.2 Å². The van der Waals surface area contributed by atoms with Crippen molar-refractivity contribution in [2.45, 2.75) is 26.1 Å². The lowest BCUT2D eigenvalue weighted by Gasteiger charge is -2.39. The number of H-pyrrole nitrogens is 1. The van der Waals surface area contributed by atoms with Crippen LogP contribution in [0.1, 0.15) is 33.3 Å². The van der Waals surface area contributed by atoms with Crippen molar-refractivity contribution in [3.63, 3.8) is 0 Å². The van der Waals surface area contributed by atoms with Gasteiger partial charge in [0.1, 0.15) is 23.7 Å². The van der Waals surface area contributed by atoms with Gasteiger partial charge in [-0.3, -0.25) is 34.6 Å². The molecule has 1 fully saturated rings. The SMILES string of the molecule is C[C@@H]1CN(C(=O)c2ccccc2)CCN1C(=O)C(=O)c1c[nH]c2nccc(OCCOCCOCCOCCOCCOCCn3cc(COCCOCCOCCOCCNc4c([N+](=O)[O-])cccc4[N+](=O)[O-])nn3)c12. The smallest absolute Gasteiger partial charge is 0.299 e. The number of nitro groups is 2. The molecule has 2 aromatic carbocycles. The second kappa shape index (κ2) is 33.2. The van der Waals surface area contributed by atoms with Gasteiger partial charge in [-0.15, -0.1) is 5.10 Å². The van der Waals surface area contributed by atoms with Crippen LogP contribution in [0.4, 0.5) is 17.1 Å². The first-order valence-corrected chi connectivity index (χ1v) is 25.1. The molecule has 0 spiro atoms. The maximum Gasteiger partial charge on any atom is 0.299 e. The number of para-hydroxylation sites is 1. The molecule has 4 heterocycles. The van der Waals surface area contributed by atoms with E-state index in [1.54, 1.807) is 52.3 Å². The van der Waals surface area contributed by atoms with Gasteiger partial charge >= 0.3 is 0 Å². The van der Waals surface area contributed by atoms with Crippen LogP contribution in [-0.2, 0) is 60.6 Å². The average molecular weight is 1080 g/mol. The predicted octanol–water partition coefficient (Wildman–Crippen LogP) is 3.37. The molecule has 1 aliphatic rings. The third-order valence-electron chi connectivity index (χ3n) is 11.5. The van der Waals surface area contributed by atoms with E-state index in [0.717, 1.165) is 0 Å². The maximum atomic E-state index is 13.6. The number of nitrogens with zero attached hydrogens (tertiary/aromatic N) is 8. The number of carbonyl (C=O) groups excluding carboxylic acids is 3. The van der Waals surface area contributed by atoms with E-state index in [2.05, 4.69) is 25.6 Å². The van der Waals surface area contributed by atoms with Gasteiger partial charge in [0, 0.05) is 62.3 Å². The number of fused-ring (bicyclic) bond motifs is 1. The minimum absolute atomic E-state index is 0.111. The van der Waals surface area contributed by atoms with Crippen molar-refractivity contribution in [2.75, 3.05) is 150 Å². The zero-order valence-electron chi connectivity index (χ0n) is 43.0. The molecule has 1 aliphatic heterocycles. The number of aromatic nitrogens is 5. The molecule has 5 aromatic rings. The van der Waals surface area contributed by atoms with Gasteiger partial charge in [-0.2, -0.15) is 0 Å². The van der Waals surface area contributed by atoms with Crippen molar-refractivity contribution >= 4 is 45.7 Å². The van der Waals surface area contributed by atoms with E-state index in [4.69, 9.17) is 47.4 Å². The molecule has 27 heteroatoms. The minimum atomic E-state index is -0.686. The predicted molar refractivity (Wildman–Crippen MR) is 274 cm³/mol. The van der Waals surface area contributed by atoms with Crippen molar-refractivity contribution in [3.8, 4) is 5.75 Å². The molecule has 1 saturated heterocycles. The number of nitrogens with one attached hydrogen (secondary N) is 2. The number of pyridine rings is 1. The number of Topliss-reactive ketones (excluding diaryl/α,β-unsaturated/α-hetero) is 1. The monoisotopic (exact) mass is 1080 g/mol. The number of nitro benzene ring substituents is 2. The lowest BCUT2D eigenvalue weighted by Crippen LogP contribution is -2.56. The molecule has 0 bridgehead atoms. The summed E-state index contributed by atoms with van der Waals surface area (Å²) in [5.41, 5.74) is 0.904. The van der Waals surface area contributed by atoms with E-state index < -0.39 is 21.5 Å². The Balaban J connectivity index is 0.684. The summed E-state index contributed by atoms with van der Waals surface area (Å²) in [4.78, 5) is 71.6. The first-order valence-electron chi connectivity index (χ1n) is 25.1. The van der Waals surface area contributed by atoms with Crippen LogP contribution in [0, 0.1) is 20.2 Å². The molecule has 2 amide bonds. The first kappa shape index (κ1) is 59.2. The van der Waals surface area contributed by atoms with Crippen LogP contribution in [-0.4, -0.2) is 213 Å². The number of anilines is 1. The second-order valence-corrected chi connectivity index (χ2v) is 16.9. The molecular formula is C50H66N10O17. The number of ether oxygens (including phenoxy) is 10. The highest BCUT2D eigenvalue weighted by Gasteiger charge is 2.35. The number of hydrogen-bond acceptors (Lipinski definition) is 21. The number of piperazine rings is 1. The zero-order chi connectivity index (χ0) is 54.5. The Morgan fingerprint density at radius 1 is 0.688 bits per heavy atom. The van der Waals surface area contributed by atoms with Gasteiger partial charge in [-0.1, -0.05) is 23.4 Å². The van der Waals surface area contributed by atoms with Crippen LogP contribution in [0.2, 0.25) is 0 Å². The quantitative estimate of drug-likeness (QED) is 0.0187. The standard InChI is InChI=1S/C50H66N10O17/c1-38-35-56(49(62)39-6-3-2-4-7-39)13-14-58(38)50(63)47(61)41-34-53-48-45(41)44(10-11-52-48)77-33-32-75-29-28-73-25-24-72-23-22-71-21-19-69-17-15-57-36-40(54-55-57)37-76-31-30-74-27-26-70-20-18-68-16-12-51-46-42(59(64)65)8-5-9-43(46)60(66)67/h2-11,34,36,38,51H,12-33,35,37H2,1H3,(H,52,53)/t38-/m1/s1. The van der Waals surface area contributed by atoms with Crippen LogP contribution in [0.25, 0.3) is 11.0 Å². The van der Waals surface area contributed by atoms with Gasteiger partial charge < -0.3 is 67.5 Å². The Hall–Kier alpha value is -7.08. The van der Waals surface area contributed by atoms with E-state index >= 15 is 0 Å². The Bertz CT molecular complexity index is 2570. The third kappa shape index (κ3) is 19.5. The molecule has 0 radical (unpaired) electrons. The van der Waals surface area contributed by atoms with Gasteiger partial charge in [0.15, 0.2) is 5.69 Å². The number of hydrogen-bond donors (Lipinski definition) is 2. The molecule has 6 rings (SSSR count). The summed E-state index contributed by atoms with van der Waals surface area (Å²) in [5.74, 6) is -1.05. The van der Waals surface area contributed by atoms with Crippen molar-refractivity contribution in [1.29, 1.82) is 0 Å². The molecule has 0 saturated carbocycles. The van der Waals surface area contributed by atoms with Crippen LogP contribution >= 0.6 is 0 Å². The van der Waals surface area contributed by atoms with E-state index in [0.29, 0.717) is 140 Å². The van der Waals surface area contributed by atoms with Crippen molar-refractivity contribution < 1.29 is 71.6 Å². The summed E-state index contributed by atoms with van der Waals surface area (Å²) >= 11 is 0. The number of ketones is 1. The highest BCUT2D eigenvalue weighted by atomic mass is 16.6.